The number of carbonyl (C=O) groups is 1. The van der Waals surface area contributed by atoms with Crippen molar-refractivity contribution in [1.29, 1.82) is 0 Å². The number of sulfonamides is 1. The molecule has 168 valence electrons. The summed E-state index contributed by atoms with van der Waals surface area (Å²) in [4.78, 5) is 21.5. The molecule has 10 heteroatoms. The maximum absolute atomic E-state index is 12.6. The van der Waals surface area contributed by atoms with Crippen molar-refractivity contribution in [1.82, 2.24) is 24.2 Å². The molecule has 1 aromatic heterocycles. The minimum atomic E-state index is -3.30. The third-order valence-corrected chi connectivity index (χ3v) is 8.01. The van der Waals surface area contributed by atoms with Crippen molar-refractivity contribution >= 4 is 15.9 Å². The lowest BCUT2D eigenvalue weighted by molar-refractivity contribution is -0.133. The van der Waals surface area contributed by atoms with E-state index < -0.39 is 10.0 Å². The quantitative estimate of drug-likeness (QED) is 0.663. The first kappa shape index (κ1) is 21.7. The van der Waals surface area contributed by atoms with Crippen molar-refractivity contribution in [2.75, 3.05) is 39.0 Å². The number of carbonyl (C=O) groups excluding carboxylic acids is 1. The van der Waals surface area contributed by atoms with E-state index in [0.29, 0.717) is 43.6 Å². The average Bonchev–Trinajstić information content (AvgIpc) is 3.42. The van der Waals surface area contributed by atoms with Gasteiger partial charge in [0.1, 0.15) is 0 Å². The van der Waals surface area contributed by atoms with Crippen molar-refractivity contribution in [2.24, 2.45) is 0 Å². The lowest BCUT2D eigenvalue weighted by atomic mass is 9.94. The van der Waals surface area contributed by atoms with E-state index in [2.05, 4.69) is 15.0 Å². The number of piperazine rings is 1. The summed E-state index contributed by atoms with van der Waals surface area (Å²) in [5, 5.41) is 3.99. The Labute approximate surface area is 178 Å². The molecule has 1 saturated carbocycles. The Morgan fingerprint density at radius 2 is 1.77 bits per heavy atom. The van der Waals surface area contributed by atoms with Crippen LogP contribution in [0.15, 0.2) is 4.52 Å². The highest BCUT2D eigenvalue weighted by atomic mass is 32.2. The topological polar surface area (TPSA) is 99.8 Å². The van der Waals surface area contributed by atoms with Gasteiger partial charge in [0.05, 0.1) is 12.3 Å². The van der Waals surface area contributed by atoms with Gasteiger partial charge in [-0.15, -0.1) is 0 Å². The zero-order chi connectivity index (χ0) is 21.1. The molecular formula is C20H33N5O4S. The highest BCUT2D eigenvalue weighted by Gasteiger charge is 2.35. The van der Waals surface area contributed by atoms with Crippen LogP contribution in [-0.4, -0.2) is 83.6 Å². The molecule has 1 unspecified atom stereocenters. The molecular weight excluding hydrogens is 406 g/mol. The summed E-state index contributed by atoms with van der Waals surface area (Å²) >= 11 is 0. The second-order valence-corrected chi connectivity index (χ2v) is 10.7. The fraction of sp³-hybridized carbons (Fsp3) is 0.850. The smallest absolute Gasteiger partial charge is 0.227 e. The van der Waals surface area contributed by atoms with Gasteiger partial charge in [0.25, 0.3) is 0 Å². The molecule has 0 spiro atoms. The molecule has 4 rings (SSSR count). The summed E-state index contributed by atoms with van der Waals surface area (Å²) in [6.45, 7) is 3.98. The van der Waals surface area contributed by atoms with Crippen LogP contribution in [0.5, 0.6) is 0 Å². The maximum atomic E-state index is 12.6. The fourth-order valence-corrected chi connectivity index (χ4v) is 6.18. The van der Waals surface area contributed by atoms with Crippen LogP contribution in [0.3, 0.4) is 0 Å². The Morgan fingerprint density at radius 1 is 1.03 bits per heavy atom. The monoisotopic (exact) mass is 439 g/mol. The molecule has 1 atom stereocenters. The van der Waals surface area contributed by atoms with Crippen LogP contribution >= 0.6 is 0 Å². The molecule has 1 aromatic rings. The van der Waals surface area contributed by atoms with Gasteiger partial charge in [-0.25, -0.2) is 8.42 Å². The Bertz CT molecular complexity index is 828. The van der Waals surface area contributed by atoms with Crippen LogP contribution in [0.2, 0.25) is 0 Å². The molecule has 3 fully saturated rings. The summed E-state index contributed by atoms with van der Waals surface area (Å²) in [6, 6.07) is 0.343. The lowest BCUT2D eigenvalue weighted by Gasteiger charge is -2.40. The summed E-state index contributed by atoms with van der Waals surface area (Å²) in [5.41, 5.74) is 0. The van der Waals surface area contributed by atoms with Crippen LogP contribution in [0.1, 0.15) is 69.1 Å². The Morgan fingerprint density at radius 3 is 2.47 bits per heavy atom. The maximum Gasteiger partial charge on any atom is 0.227 e. The highest BCUT2D eigenvalue weighted by Crippen LogP contribution is 2.32. The number of aromatic nitrogens is 2. The number of hydrogen-bond donors (Lipinski definition) is 0. The van der Waals surface area contributed by atoms with Gasteiger partial charge in [0.15, 0.2) is 5.82 Å². The molecule has 0 bridgehead atoms. The third-order valence-electron chi connectivity index (χ3n) is 6.72. The predicted molar refractivity (Wildman–Crippen MR) is 111 cm³/mol. The van der Waals surface area contributed by atoms with E-state index in [1.807, 2.05) is 4.90 Å². The molecule has 1 aliphatic carbocycles. The van der Waals surface area contributed by atoms with E-state index in [4.69, 9.17) is 4.52 Å². The lowest BCUT2D eigenvalue weighted by Crippen LogP contribution is -2.52. The molecule has 30 heavy (non-hydrogen) atoms. The zero-order valence-electron chi connectivity index (χ0n) is 17.8. The first-order valence-electron chi connectivity index (χ1n) is 11.2. The van der Waals surface area contributed by atoms with Gasteiger partial charge in [-0.05, 0) is 25.7 Å². The number of hydrogen-bond acceptors (Lipinski definition) is 7. The van der Waals surface area contributed by atoms with Gasteiger partial charge in [0.2, 0.25) is 21.8 Å². The minimum absolute atomic E-state index is 0.122. The minimum Gasteiger partial charge on any atom is -0.340 e. The molecule has 0 N–H and O–H groups in total. The normalized spacial score (nSPS) is 25.1. The second kappa shape index (κ2) is 9.32. The summed E-state index contributed by atoms with van der Waals surface area (Å²) in [7, 11) is -3.30. The second-order valence-electron chi connectivity index (χ2n) is 8.79. The number of aryl methyl sites for hydroxylation is 1. The van der Waals surface area contributed by atoms with Crippen LogP contribution in [-0.2, 0) is 21.2 Å². The first-order valence-corrected chi connectivity index (χ1v) is 13.1. The molecule has 3 aliphatic rings. The van der Waals surface area contributed by atoms with Gasteiger partial charge >= 0.3 is 0 Å². The predicted octanol–water partition coefficient (Wildman–Crippen LogP) is 1.58. The fourth-order valence-electron chi connectivity index (χ4n) is 5.05. The Kier molecular flexibility index (Phi) is 6.74. The van der Waals surface area contributed by atoms with E-state index >= 15 is 0 Å². The first-order chi connectivity index (χ1) is 14.4. The SMILES string of the molecule is CS(=O)(=O)N1CCCC1c1noc(CCC(=O)N2CCN(C3CCCCC3)CC2)n1. The number of nitrogens with zero attached hydrogens (tertiary/aromatic N) is 5. The van der Waals surface area contributed by atoms with E-state index in [1.54, 1.807) is 0 Å². The highest BCUT2D eigenvalue weighted by molar-refractivity contribution is 7.88. The van der Waals surface area contributed by atoms with Crippen LogP contribution < -0.4 is 0 Å². The van der Waals surface area contributed by atoms with Crippen molar-refractivity contribution in [3.8, 4) is 0 Å². The molecule has 1 amide bonds. The summed E-state index contributed by atoms with van der Waals surface area (Å²) < 4.78 is 30.6. The van der Waals surface area contributed by atoms with Gasteiger partial charge in [-0.3, -0.25) is 9.69 Å². The van der Waals surface area contributed by atoms with E-state index in [0.717, 1.165) is 32.6 Å². The Balaban J connectivity index is 1.25. The summed E-state index contributed by atoms with van der Waals surface area (Å²) in [5.74, 6) is 0.928. The van der Waals surface area contributed by atoms with Crippen LogP contribution in [0.25, 0.3) is 0 Å². The molecule has 0 radical (unpaired) electrons. The van der Waals surface area contributed by atoms with Gasteiger partial charge in [-0.2, -0.15) is 9.29 Å². The molecule has 2 aliphatic heterocycles. The molecule has 0 aromatic carbocycles. The van der Waals surface area contributed by atoms with Gasteiger partial charge in [-0.1, -0.05) is 24.4 Å². The van der Waals surface area contributed by atoms with Crippen LogP contribution in [0, 0.1) is 0 Å². The standard InChI is InChI=1S/C20H33N5O4S/c1-30(27,28)25-11-5-8-17(25)20-21-18(29-22-20)9-10-19(26)24-14-12-23(13-15-24)16-6-3-2-4-7-16/h16-17H,2-15H2,1H3. The van der Waals surface area contributed by atoms with E-state index in [-0.39, 0.29) is 11.9 Å². The number of amides is 1. The van der Waals surface area contributed by atoms with Gasteiger partial charge in [0, 0.05) is 51.6 Å². The molecule has 3 heterocycles. The van der Waals surface area contributed by atoms with E-state index in [1.165, 1.54) is 42.7 Å². The Hall–Kier alpha value is -1.52. The van der Waals surface area contributed by atoms with Crippen molar-refractivity contribution in [3.63, 3.8) is 0 Å². The molecule has 2 saturated heterocycles. The average molecular weight is 440 g/mol. The van der Waals surface area contributed by atoms with Gasteiger partial charge < -0.3 is 9.42 Å². The molecule has 9 nitrogen and oxygen atoms in total. The van der Waals surface area contributed by atoms with Crippen molar-refractivity contribution < 1.29 is 17.7 Å². The summed E-state index contributed by atoms with van der Waals surface area (Å²) in [6.07, 6.45) is 10.0. The van der Waals surface area contributed by atoms with E-state index in [9.17, 15) is 13.2 Å². The third kappa shape index (κ3) is 5.03. The number of rotatable bonds is 6. The van der Waals surface area contributed by atoms with Crippen molar-refractivity contribution in [3.05, 3.63) is 11.7 Å². The van der Waals surface area contributed by atoms with Crippen LogP contribution in [0.4, 0.5) is 0 Å². The zero-order valence-corrected chi connectivity index (χ0v) is 18.6. The van der Waals surface area contributed by atoms with Crippen molar-refractivity contribution in [2.45, 2.75) is 69.9 Å². The largest absolute Gasteiger partial charge is 0.340 e.